The van der Waals surface area contributed by atoms with Crippen LogP contribution in [-0.2, 0) is 0 Å². The molecule has 0 atom stereocenters. The first-order valence-corrected chi connectivity index (χ1v) is 16.0. The van der Waals surface area contributed by atoms with Crippen LogP contribution >= 0.6 is 0 Å². The van der Waals surface area contributed by atoms with Crippen LogP contribution in [0.5, 0.6) is 0 Å². The first-order valence-electron chi connectivity index (χ1n) is 16.0. The Bertz CT molecular complexity index is 2370. The summed E-state index contributed by atoms with van der Waals surface area (Å²) in [5.74, 6) is 0. The van der Waals surface area contributed by atoms with Crippen LogP contribution in [0.4, 0.5) is 11.4 Å². The zero-order valence-corrected chi connectivity index (χ0v) is 26.0. The average Bonchev–Trinajstić information content (AvgIpc) is 3.15. The highest BCUT2D eigenvalue weighted by Gasteiger charge is 2.23. The van der Waals surface area contributed by atoms with Gasteiger partial charge in [-0.05, 0) is 92.3 Å². The van der Waals surface area contributed by atoms with Crippen LogP contribution in [0.25, 0.3) is 43.8 Å². The Hall–Kier alpha value is -6.52. The molecule has 0 saturated heterocycles. The second-order valence-electron chi connectivity index (χ2n) is 11.9. The van der Waals surface area contributed by atoms with E-state index in [0.29, 0.717) is 0 Å². The van der Waals surface area contributed by atoms with Crippen molar-refractivity contribution >= 4 is 44.3 Å². The number of nitrogens with zero attached hydrogens (tertiary/aromatic N) is 4. The zero-order valence-electron chi connectivity index (χ0n) is 26.0. The van der Waals surface area contributed by atoms with Crippen LogP contribution in [0, 0.1) is 0 Å². The Morgan fingerprint density at radius 1 is 0.312 bits per heavy atom. The number of pyridine rings is 2. The topological polar surface area (TPSA) is 50.5 Å². The molecular formula is C44H28N4. The van der Waals surface area contributed by atoms with E-state index in [4.69, 9.17) is 20.0 Å². The largest absolute Gasteiger partial charge is 0.255 e. The Labute approximate surface area is 278 Å². The summed E-state index contributed by atoms with van der Waals surface area (Å²) in [5, 5.41) is 4.44. The quantitative estimate of drug-likeness (QED) is 0.199. The van der Waals surface area contributed by atoms with Gasteiger partial charge in [-0.2, -0.15) is 0 Å². The molecule has 4 nitrogen and oxygen atoms in total. The first-order chi connectivity index (χ1) is 23.8. The fourth-order valence-electron chi connectivity index (χ4n) is 6.51. The van der Waals surface area contributed by atoms with E-state index in [-0.39, 0.29) is 0 Å². The molecule has 0 N–H and O–H groups in total. The normalized spacial score (nSPS) is 12.4. The standard InChI is InChI=1S/C44H28N4/c1-3-11-29(12-4-1)35-19-21-45-41(27-35)43-37-23-31-15-7-9-17-33(31)25-39(37)48-44(38-24-32-16-8-10-18-34(32)26-40(38)47-43)42-28-36(20-22-46-42)30-13-5-2-6-14-30/h1-28H. The molecule has 8 aromatic rings. The number of fused-ring (bicyclic) bond motifs is 4. The molecule has 4 heteroatoms. The van der Waals surface area contributed by atoms with Gasteiger partial charge in [-0.25, -0.2) is 9.98 Å². The van der Waals surface area contributed by atoms with Gasteiger partial charge in [0.25, 0.3) is 0 Å². The highest BCUT2D eigenvalue weighted by Crippen LogP contribution is 2.38. The SMILES string of the molecule is c1ccc(-c2ccnc(C3=Nc4cc5ccccc5cc4C(c4cc(-c5ccccc5)ccn4)=Nc4cc5ccccc5cc43)c2)cc1. The minimum Gasteiger partial charge on any atom is -0.255 e. The fourth-order valence-corrected chi connectivity index (χ4v) is 6.51. The average molecular weight is 613 g/mol. The summed E-state index contributed by atoms with van der Waals surface area (Å²) < 4.78 is 0. The molecule has 0 saturated carbocycles. The van der Waals surface area contributed by atoms with Gasteiger partial charge >= 0.3 is 0 Å². The maximum Gasteiger partial charge on any atom is 0.0988 e. The van der Waals surface area contributed by atoms with Crippen molar-refractivity contribution in [2.45, 2.75) is 0 Å². The summed E-state index contributed by atoms with van der Waals surface area (Å²) in [6, 6.07) is 54.6. The number of aliphatic imine (C=N–C) groups is 2. The van der Waals surface area contributed by atoms with E-state index in [1.807, 2.05) is 36.7 Å². The molecule has 0 bridgehead atoms. The Morgan fingerprint density at radius 2 is 0.688 bits per heavy atom. The van der Waals surface area contributed by atoms with E-state index in [2.05, 4.69) is 133 Å². The van der Waals surface area contributed by atoms with Crippen LogP contribution in [0.1, 0.15) is 22.5 Å². The Balaban J connectivity index is 1.34. The molecule has 1 aliphatic heterocycles. The maximum absolute atomic E-state index is 5.50. The molecule has 48 heavy (non-hydrogen) atoms. The van der Waals surface area contributed by atoms with Crippen molar-refractivity contribution in [2.75, 3.05) is 0 Å². The first kappa shape index (κ1) is 27.8. The van der Waals surface area contributed by atoms with Gasteiger partial charge in [-0.1, -0.05) is 109 Å². The molecule has 224 valence electrons. The number of benzene rings is 6. The second-order valence-corrected chi connectivity index (χ2v) is 11.9. The summed E-state index contributed by atoms with van der Waals surface area (Å²) >= 11 is 0. The van der Waals surface area contributed by atoms with Crippen LogP contribution in [0.2, 0.25) is 0 Å². The summed E-state index contributed by atoms with van der Waals surface area (Å²) in [6.07, 6.45) is 3.74. The van der Waals surface area contributed by atoms with Crippen molar-refractivity contribution in [3.8, 4) is 22.3 Å². The van der Waals surface area contributed by atoms with E-state index in [1.165, 1.54) is 0 Å². The van der Waals surface area contributed by atoms with Crippen molar-refractivity contribution in [1.82, 2.24) is 9.97 Å². The predicted molar refractivity (Wildman–Crippen MR) is 198 cm³/mol. The van der Waals surface area contributed by atoms with Gasteiger partial charge in [0.15, 0.2) is 0 Å². The molecule has 0 fully saturated rings. The minimum absolute atomic E-state index is 0.777. The molecule has 0 radical (unpaired) electrons. The lowest BCUT2D eigenvalue weighted by Crippen LogP contribution is -2.12. The van der Waals surface area contributed by atoms with E-state index in [0.717, 1.165) is 89.1 Å². The molecule has 3 heterocycles. The highest BCUT2D eigenvalue weighted by atomic mass is 14.9. The lowest BCUT2D eigenvalue weighted by Gasteiger charge is -2.19. The Kier molecular flexibility index (Phi) is 6.76. The maximum atomic E-state index is 5.50. The summed E-state index contributed by atoms with van der Waals surface area (Å²) in [7, 11) is 0. The van der Waals surface area contributed by atoms with Crippen molar-refractivity contribution < 1.29 is 0 Å². The second kappa shape index (κ2) is 11.7. The van der Waals surface area contributed by atoms with Gasteiger partial charge in [0.1, 0.15) is 0 Å². The number of hydrogen-bond acceptors (Lipinski definition) is 4. The van der Waals surface area contributed by atoms with E-state index < -0.39 is 0 Å². The zero-order chi connectivity index (χ0) is 31.9. The van der Waals surface area contributed by atoms with Crippen molar-refractivity contribution in [3.63, 3.8) is 0 Å². The van der Waals surface area contributed by atoms with Gasteiger partial charge in [-0.3, -0.25) is 9.97 Å². The number of aromatic nitrogens is 2. The van der Waals surface area contributed by atoms with Crippen molar-refractivity contribution in [3.05, 3.63) is 193 Å². The van der Waals surface area contributed by atoms with Gasteiger partial charge in [0.2, 0.25) is 0 Å². The fraction of sp³-hybridized carbons (Fsp3) is 0. The third-order valence-corrected chi connectivity index (χ3v) is 8.92. The molecule has 0 spiro atoms. The number of hydrogen-bond donors (Lipinski definition) is 0. The number of rotatable bonds is 4. The minimum atomic E-state index is 0.777. The summed E-state index contributed by atoms with van der Waals surface area (Å²) in [6.45, 7) is 0. The molecule has 0 aliphatic carbocycles. The van der Waals surface area contributed by atoms with Gasteiger partial charge in [-0.15, -0.1) is 0 Å². The molecule has 2 aromatic heterocycles. The molecule has 9 rings (SSSR count). The van der Waals surface area contributed by atoms with Gasteiger partial charge < -0.3 is 0 Å². The lowest BCUT2D eigenvalue weighted by atomic mass is 9.94. The van der Waals surface area contributed by atoms with Crippen LogP contribution in [0.3, 0.4) is 0 Å². The van der Waals surface area contributed by atoms with Crippen molar-refractivity contribution in [1.29, 1.82) is 0 Å². The van der Waals surface area contributed by atoms with Gasteiger partial charge in [0.05, 0.1) is 34.2 Å². The van der Waals surface area contributed by atoms with E-state index in [9.17, 15) is 0 Å². The molecule has 0 unspecified atom stereocenters. The van der Waals surface area contributed by atoms with Crippen LogP contribution < -0.4 is 0 Å². The highest BCUT2D eigenvalue weighted by molar-refractivity contribution is 6.24. The summed E-state index contributed by atoms with van der Waals surface area (Å²) in [5.41, 5.74) is 11.0. The van der Waals surface area contributed by atoms with E-state index in [1.54, 1.807) is 0 Å². The lowest BCUT2D eigenvalue weighted by molar-refractivity contribution is 1.26. The molecule has 1 aliphatic rings. The van der Waals surface area contributed by atoms with Crippen LogP contribution in [0.15, 0.2) is 180 Å². The third kappa shape index (κ3) is 5.06. The monoisotopic (exact) mass is 612 g/mol. The smallest absolute Gasteiger partial charge is 0.0988 e. The van der Waals surface area contributed by atoms with Crippen molar-refractivity contribution in [2.24, 2.45) is 9.98 Å². The summed E-state index contributed by atoms with van der Waals surface area (Å²) in [4.78, 5) is 20.8. The molecular weight excluding hydrogens is 585 g/mol. The van der Waals surface area contributed by atoms with Crippen LogP contribution in [-0.4, -0.2) is 21.4 Å². The van der Waals surface area contributed by atoms with Gasteiger partial charge in [0, 0.05) is 23.5 Å². The molecule has 6 aromatic carbocycles. The Morgan fingerprint density at radius 3 is 1.10 bits per heavy atom. The van der Waals surface area contributed by atoms with E-state index >= 15 is 0 Å². The molecule has 0 amide bonds. The third-order valence-electron chi connectivity index (χ3n) is 8.92. The predicted octanol–water partition coefficient (Wildman–Crippen LogP) is 10.8.